The molecule has 0 rings (SSSR count). The first-order valence-electron chi connectivity index (χ1n) is 5.42. The Bertz CT molecular complexity index is 150. The smallest absolute Gasteiger partial charge is 0.0671 e. The molecule has 0 aliphatic rings. The van der Waals surface area contributed by atoms with Crippen LogP contribution in [0.5, 0.6) is 0 Å². The molecule has 0 radical (unpaired) electrons. The van der Waals surface area contributed by atoms with Gasteiger partial charge in [0.05, 0.1) is 24.9 Å². The molecule has 3 nitrogen and oxygen atoms in total. The summed E-state index contributed by atoms with van der Waals surface area (Å²) in [6.45, 7) is 11.8. The van der Waals surface area contributed by atoms with E-state index in [9.17, 15) is 5.11 Å². The summed E-state index contributed by atoms with van der Waals surface area (Å²) in [5.41, 5.74) is -0.308. The number of aliphatic hydroxyl groups excluding tert-OH is 1. The number of rotatable bonds is 7. The molecule has 0 aliphatic heterocycles. The van der Waals surface area contributed by atoms with Gasteiger partial charge in [0, 0.05) is 0 Å². The molecular weight excluding hydrogens is 178 g/mol. The van der Waals surface area contributed by atoms with Gasteiger partial charge in [0.1, 0.15) is 0 Å². The molecular formula is C11H25NO2. The van der Waals surface area contributed by atoms with Crippen LogP contribution in [0.15, 0.2) is 0 Å². The Hall–Kier alpha value is -0.120. The van der Waals surface area contributed by atoms with Crippen molar-refractivity contribution in [1.29, 1.82) is 0 Å². The van der Waals surface area contributed by atoms with E-state index in [2.05, 4.69) is 26.1 Å². The zero-order valence-electron chi connectivity index (χ0n) is 10.1. The molecule has 0 bridgehead atoms. The fourth-order valence-corrected chi connectivity index (χ4v) is 1.09. The third-order valence-electron chi connectivity index (χ3n) is 2.56. The van der Waals surface area contributed by atoms with Crippen LogP contribution >= 0.6 is 0 Å². The van der Waals surface area contributed by atoms with Crippen molar-refractivity contribution in [3.8, 4) is 0 Å². The van der Waals surface area contributed by atoms with E-state index >= 15 is 0 Å². The molecule has 0 fully saturated rings. The number of hydrogen-bond acceptors (Lipinski definition) is 3. The Labute approximate surface area is 87.8 Å². The van der Waals surface area contributed by atoms with Gasteiger partial charge >= 0.3 is 0 Å². The number of ether oxygens (including phenoxy) is 1. The van der Waals surface area contributed by atoms with Crippen molar-refractivity contribution in [2.45, 2.75) is 46.3 Å². The van der Waals surface area contributed by atoms with Crippen molar-refractivity contribution in [3.63, 3.8) is 0 Å². The normalized spacial score (nSPS) is 18.2. The maximum atomic E-state index is 9.23. The van der Waals surface area contributed by atoms with Gasteiger partial charge in [0.25, 0.3) is 0 Å². The summed E-state index contributed by atoms with van der Waals surface area (Å²) in [5.74, 6) is 0.513. The molecule has 0 aromatic carbocycles. The minimum atomic E-state index is -0.308. The molecule has 0 aromatic heterocycles. The zero-order valence-corrected chi connectivity index (χ0v) is 10.1. The maximum absolute atomic E-state index is 9.23. The molecule has 2 unspecified atom stereocenters. The van der Waals surface area contributed by atoms with Crippen LogP contribution < -0.4 is 5.32 Å². The summed E-state index contributed by atoms with van der Waals surface area (Å²) in [6, 6.07) is 0. The van der Waals surface area contributed by atoms with Crippen LogP contribution in [0.2, 0.25) is 0 Å². The minimum absolute atomic E-state index is 0.103. The van der Waals surface area contributed by atoms with Gasteiger partial charge in [-0.05, 0) is 26.3 Å². The molecule has 0 aliphatic carbocycles. The molecule has 0 saturated heterocycles. The van der Waals surface area contributed by atoms with Gasteiger partial charge in [-0.25, -0.2) is 0 Å². The third kappa shape index (κ3) is 4.94. The molecule has 86 valence electrons. The molecule has 14 heavy (non-hydrogen) atoms. The van der Waals surface area contributed by atoms with E-state index in [4.69, 9.17) is 4.74 Å². The van der Waals surface area contributed by atoms with Gasteiger partial charge in [-0.15, -0.1) is 0 Å². The predicted molar refractivity (Wildman–Crippen MR) is 59.4 cm³/mol. The first kappa shape index (κ1) is 13.9. The summed E-state index contributed by atoms with van der Waals surface area (Å²) < 4.78 is 5.69. The zero-order chi connectivity index (χ0) is 11.2. The third-order valence-corrected chi connectivity index (χ3v) is 2.56. The van der Waals surface area contributed by atoms with Crippen LogP contribution in [-0.4, -0.2) is 36.5 Å². The van der Waals surface area contributed by atoms with Gasteiger partial charge in [-0.1, -0.05) is 20.8 Å². The van der Waals surface area contributed by atoms with Crippen LogP contribution in [0.25, 0.3) is 0 Å². The summed E-state index contributed by atoms with van der Waals surface area (Å²) in [6.07, 6.45) is 0.236. The molecule has 0 amide bonds. The van der Waals surface area contributed by atoms with Gasteiger partial charge in [0.15, 0.2) is 0 Å². The minimum Gasteiger partial charge on any atom is -0.394 e. The Morgan fingerprint density at radius 3 is 2.29 bits per heavy atom. The van der Waals surface area contributed by atoms with E-state index in [0.717, 1.165) is 6.54 Å². The van der Waals surface area contributed by atoms with Crippen molar-refractivity contribution >= 4 is 0 Å². The molecule has 2 atom stereocenters. The van der Waals surface area contributed by atoms with Crippen LogP contribution in [0, 0.1) is 5.92 Å². The lowest BCUT2D eigenvalue weighted by Crippen LogP contribution is -2.50. The highest BCUT2D eigenvalue weighted by Crippen LogP contribution is 2.10. The van der Waals surface area contributed by atoms with E-state index in [0.29, 0.717) is 12.5 Å². The second kappa shape index (κ2) is 6.38. The Kier molecular flexibility index (Phi) is 6.33. The Balaban J connectivity index is 3.94. The second-order valence-electron chi connectivity index (χ2n) is 4.51. The number of nitrogens with one attached hydrogen (secondary N) is 1. The first-order valence-corrected chi connectivity index (χ1v) is 5.42. The highest BCUT2D eigenvalue weighted by Gasteiger charge is 2.23. The monoisotopic (exact) mass is 203 g/mol. The highest BCUT2D eigenvalue weighted by atomic mass is 16.5. The Morgan fingerprint density at radius 2 is 1.93 bits per heavy atom. The van der Waals surface area contributed by atoms with E-state index in [-0.39, 0.29) is 18.2 Å². The fraction of sp³-hybridized carbons (Fsp3) is 1.00. The van der Waals surface area contributed by atoms with Crippen molar-refractivity contribution < 1.29 is 9.84 Å². The van der Waals surface area contributed by atoms with Crippen molar-refractivity contribution in [2.75, 3.05) is 19.8 Å². The van der Waals surface area contributed by atoms with Crippen LogP contribution in [-0.2, 0) is 4.74 Å². The topological polar surface area (TPSA) is 41.5 Å². The van der Waals surface area contributed by atoms with Crippen molar-refractivity contribution in [1.82, 2.24) is 5.32 Å². The number of hydrogen-bond donors (Lipinski definition) is 2. The van der Waals surface area contributed by atoms with Crippen LogP contribution in [0.1, 0.15) is 34.6 Å². The molecule has 0 spiro atoms. The maximum Gasteiger partial charge on any atom is 0.0671 e. The molecule has 2 N–H and O–H groups in total. The molecule has 0 heterocycles. The SMILES string of the molecule is CCNC(C)(CO)COC(C)C(C)C. The summed E-state index contributed by atoms with van der Waals surface area (Å²) in [4.78, 5) is 0. The van der Waals surface area contributed by atoms with Crippen molar-refractivity contribution in [2.24, 2.45) is 5.92 Å². The van der Waals surface area contributed by atoms with Gasteiger partial charge in [0.2, 0.25) is 0 Å². The van der Waals surface area contributed by atoms with Gasteiger partial charge in [-0.3, -0.25) is 0 Å². The largest absolute Gasteiger partial charge is 0.394 e. The quantitative estimate of drug-likeness (QED) is 0.657. The van der Waals surface area contributed by atoms with E-state index < -0.39 is 0 Å². The van der Waals surface area contributed by atoms with Crippen LogP contribution in [0.4, 0.5) is 0 Å². The van der Waals surface area contributed by atoms with E-state index in [1.54, 1.807) is 0 Å². The van der Waals surface area contributed by atoms with E-state index in [1.807, 2.05) is 13.8 Å². The predicted octanol–water partition coefficient (Wildman–Crippen LogP) is 1.41. The first-order chi connectivity index (χ1) is 6.45. The van der Waals surface area contributed by atoms with Gasteiger partial charge < -0.3 is 15.2 Å². The second-order valence-corrected chi connectivity index (χ2v) is 4.51. The summed E-state index contributed by atoms with van der Waals surface area (Å²) in [7, 11) is 0. The highest BCUT2D eigenvalue weighted by molar-refractivity contribution is 4.81. The standard InChI is InChI=1S/C11H25NO2/c1-6-12-11(5,7-13)8-14-10(4)9(2)3/h9-10,12-13H,6-8H2,1-5H3. The Morgan fingerprint density at radius 1 is 1.36 bits per heavy atom. The van der Waals surface area contributed by atoms with Crippen molar-refractivity contribution in [3.05, 3.63) is 0 Å². The average molecular weight is 203 g/mol. The number of aliphatic hydroxyl groups is 1. The lowest BCUT2D eigenvalue weighted by atomic mass is 10.0. The lowest BCUT2D eigenvalue weighted by molar-refractivity contribution is -0.0143. The van der Waals surface area contributed by atoms with Gasteiger partial charge in [-0.2, -0.15) is 0 Å². The summed E-state index contributed by atoms with van der Waals surface area (Å²) in [5, 5.41) is 12.5. The molecule has 3 heteroatoms. The molecule has 0 saturated carbocycles. The fourth-order valence-electron chi connectivity index (χ4n) is 1.09. The van der Waals surface area contributed by atoms with Crippen LogP contribution in [0.3, 0.4) is 0 Å². The van der Waals surface area contributed by atoms with E-state index in [1.165, 1.54) is 0 Å². The lowest BCUT2D eigenvalue weighted by Gasteiger charge is -2.30. The average Bonchev–Trinajstić information content (AvgIpc) is 2.14. The number of likely N-dealkylation sites (N-methyl/N-ethyl adjacent to an activating group) is 1. The molecule has 0 aromatic rings. The summed E-state index contributed by atoms with van der Waals surface area (Å²) >= 11 is 0.